The molecule has 0 radical (unpaired) electrons. The van der Waals surface area contributed by atoms with Gasteiger partial charge in [0.2, 0.25) is 0 Å². The number of aromatic nitrogens is 2. The monoisotopic (exact) mass is 287 g/mol. The highest BCUT2D eigenvalue weighted by Crippen LogP contribution is 2.03. The fraction of sp³-hybridized carbons (Fsp3) is 0.308. The molecule has 1 heterocycles. The third-order valence-corrected chi connectivity index (χ3v) is 2.53. The van der Waals surface area contributed by atoms with Gasteiger partial charge in [0, 0.05) is 19.3 Å². The van der Waals surface area contributed by atoms with E-state index in [4.69, 9.17) is 0 Å². The van der Waals surface area contributed by atoms with Crippen LogP contribution in [0.1, 0.15) is 11.3 Å². The molecule has 0 fully saturated rings. The topological polar surface area (TPSA) is 29.9 Å². The van der Waals surface area contributed by atoms with Gasteiger partial charge in [0.15, 0.2) is 0 Å². The molecule has 19 heavy (non-hydrogen) atoms. The van der Waals surface area contributed by atoms with E-state index in [9.17, 15) is 8.78 Å². The molecule has 0 unspecified atom stereocenters. The quantitative estimate of drug-likeness (QED) is 0.885. The molecular formula is C13H16ClF2N3. The number of aryl methyl sites for hydroxylation is 1. The zero-order chi connectivity index (χ0) is 12.8. The Morgan fingerprint density at radius 2 is 2.05 bits per heavy atom. The van der Waals surface area contributed by atoms with Crippen LogP contribution in [0.25, 0.3) is 0 Å². The summed E-state index contributed by atoms with van der Waals surface area (Å²) in [4.78, 5) is 0. The zero-order valence-corrected chi connectivity index (χ0v) is 11.2. The van der Waals surface area contributed by atoms with Crippen molar-refractivity contribution >= 4 is 12.4 Å². The van der Waals surface area contributed by atoms with Crippen LogP contribution in [0.5, 0.6) is 0 Å². The fourth-order valence-electron chi connectivity index (χ4n) is 1.69. The lowest BCUT2D eigenvalue weighted by Crippen LogP contribution is -2.13. The van der Waals surface area contributed by atoms with E-state index in [-0.39, 0.29) is 24.8 Å². The minimum absolute atomic E-state index is 0. The lowest BCUT2D eigenvalue weighted by atomic mass is 10.2. The number of benzene rings is 1. The van der Waals surface area contributed by atoms with E-state index in [2.05, 4.69) is 10.4 Å². The van der Waals surface area contributed by atoms with Gasteiger partial charge in [0.1, 0.15) is 12.5 Å². The van der Waals surface area contributed by atoms with Crippen LogP contribution in [0.3, 0.4) is 0 Å². The van der Waals surface area contributed by atoms with Crippen LogP contribution in [-0.4, -0.2) is 16.5 Å². The minimum Gasteiger partial charge on any atom is -0.307 e. The van der Waals surface area contributed by atoms with Gasteiger partial charge in [0.25, 0.3) is 0 Å². The van der Waals surface area contributed by atoms with Crippen molar-refractivity contribution < 1.29 is 8.78 Å². The Morgan fingerprint density at radius 3 is 2.79 bits per heavy atom. The molecule has 0 spiro atoms. The standard InChI is InChI=1S/C13H15F2N3.ClH/c14-5-7-18-6-4-13(17-18)10-16-9-11-2-1-3-12(15)8-11;/h1-4,6,8,16H,5,7,9-10H2;1H. The Kier molecular flexibility index (Phi) is 6.45. The summed E-state index contributed by atoms with van der Waals surface area (Å²) in [5.41, 5.74) is 1.73. The first-order valence-electron chi connectivity index (χ1n) is 5.81. The van der Waals surface area contributed by atoms with Crippen molar-refractivity contribution in [3.63, 3.8) is 0 Å². The van der Waals surface area contributed by atoms with Crippen LogP contribution >= 0.6 is 12.4 Å². The van der Waals surface area contributed by atoms with E-state index in [1.807, 2.05) is 12.1 Å². The predicted molar refractivity (Wildman–Crippen MR) is 72.4 cm³/mol. The molecule has 1 aromatic carbocycles. The van der Waals surface area contributed by atoms with Crippen molar-refractivity contribution in [3.8, 4) is 0 Å². The predicted octanol–water partition coefficient (Wildman–Crippen LogP) is 2.70. The summed E-state index contributed by atoms with van der Waals surface area (Å²) < 4.78 is 26.6. The molecule has 0 aliphatic heterocycles. The number of nitrogens with zero attached hydrogens (tertiary/aromatic N) is 2. The van der Waals surface area contributed by atoms with Crippen molar-refractivity contribution in [1.82, 2.24) is 15.1 Å². The van der Waals surface area contributed by atoms with Crippen molar-refractivity contribution in [2.75, 3.05) is 6.67 Å². The average molecular weight is 288 g/mol. The molecule has 0 saturated heterocycles. The van der Waals surface area contributed by atoms with Crippen LogP contribution in [0.15, 0.2) is 36.5 Å². The molecule has 0 aliphatic carbocycles. The molecule has 0 atom stereocenters. The summed E-state index contributed by atoms with van der Waals surface area (Å²) in [7, 11) is 0. The molecule has 104 valence electrons. The van der Waals surface area contributed by atoms with E-state index in [0.717, 1.165) is 11.3 Å². The maximum atomic E-state index is 12.9. The Balaban J connectivity index is 0.00000180. The molecule has 2 aromatic rings. The second-order valence-corrected chi connectivity index (χ2v) is 3.99. The number of hydrogen-bond donors (Lipinski definition) is 1. The van der Waals surface area contributed by atoms with Crippen molar-refractivity contribution in [3.05, 3.63) is 53.6 Å². The summed E-state index contributed by atoms with van der Waals surface area (Å²) in [5, 5.41) is 7.35. The highest BCUT2D eigenvalue weighted by Gasteiger charge is 1.99. The first-order valence-corrected chi connectivity index (χ1v) is 5.81. The lowest BCUT2D eigenvalue weighted by Gasteiger charge is -2.03. The van der Waals surface area contributed by atoms with Crippen LogP contribution in [0, 0.1) is 5.82 Å². The van der Waals surface area contributed by atoms with Crippen molar-refractivity contribution in [2.45, 2.75) is 19.6 Å². The smallest absolute Gasteiger partial charge is 0.123 e. The summed E-state index contributed by atoms with van der Waals surface area (Å²) in [6.45, 7) is 1.02. The van der Waals surface area contributed by atoms with Crippen LogP contribution in [0.2, 0.25) is 0 Å². The molecule has 0 saturated carbocycles. The molecule has 0 bridgehead atoms. The molecule has 1 aromatic heterocycles. The van der Waals surface area contributed by atoms with Crippen LogP contribution in [0.4, 0.5) is 8.78 Å². The van der Waals surface area contributed by atoms with Crippen molar-refractivity contribution in [2.24, 2.45) is 0 Å². The molecular weight excluding hydrogens is 272 g/mol. The third kappa shape index (κ3) is 4.96. The number of halogens is 3. The van der Waals surface area contributed by atoms with Gasteiger partial charge in [-0.25, -0.2) is 8.78 Å². The largest absolute Gasteiger partial charge is 0.307 e. The Hall–Kier alpha value is -1.46. The van der Waals surface area contributed by atoms with Crippen LogP contribution < -0.4 is 5.32 Å². The Labute approximate surface area is 117 Å². The number of rotatable bonds is 6. The zero-order valence-electron chi connectivity index (χ0n) is 10.4. The van der Waals surface area contributed by atoms with E-state index in [1.54, 1.807) is 16.9 Å². The minimum atomic E-state index is -0.419. The van der Waals surface area contributed by atoms with Gasteiger partial charge in [-0.05, 0) is 23.8 Å². The summed E-state index contributed by atoms with van der Waals surface area (Å²) in [5.74, 6) is -0.235. The lowest BCUT2D eigenvalue weighted by molar-refractivity contribution is 0.425. The molecule has 0 aliphatic rings. The SMILES string of the molecule is Cl.FCCn1ccc(CNCc2cccc(F)c2)n1. The van der Waals surface area contributed by atoms with E-state index in [0.29, 0.717) is 13.1 Å². The second-order valence-electron chi connectivity index (χ2n) is 3.99. The van der Waals surface area contributed by atoms with Gasteiger partial charge < -0.3 is 5.32 Å². The average Bonchev–Trinajstić information content (AvgIpc) is 2.78. The highest BCUT2D eigenvalue weighted by molar-refractivity contribution is 5.85. The van der Waals surface area contributed by atoms with E-state index >= 15 is 0 Å². The van der Waals surface area contributed by atoms with E-state index in [1.165, 1.54) is 12.1 Å². The summed E-state index contributed by atoms with van der Waals surface area (Å²) in [6, 6.07) is 8.30. The Bertz CT molecular complexity index is 502. The number of hydrogen-bond acceptors (Lipinski definition) is 2. The maximum absolute atomic E-state index is 12.9. The summed E-state index contributed by atoms with van der Waals surface area (Å²) in [6.07, 6.45) is 1.75. The van der Waals surface area contributed by atoms with Gasteiger partial charge in [-0.3, -0.25) is 4.68 Å². The summed E-state index contributed by atoms with van der Waals surface area (Å²) >= 11 is 0. The molecule has 0 amide bonds. The van der Waals surface area contributed by atoms with Gasteiger partial charge in [0.05, 0.1) is 12.2 Å². The molecule has 1 N–H and O–H groups in total. The molecule has 6 heteroatoms. The van der Waals surface area contributed by atoms with Crippen LogP contribution in [-0.2, 0) is 19.6 Å². The highest BCUT2D eigenvalue weighted by atomic mass is 35.5. The molecule has 3 nitrogen and oxygen atoms in total. The Morgan fingerprint density at radius 1 is 1.21 bits per heavy atom. The second kappa shape index (κ2) is 7.86. The van der Waals surface area contributed by atoms with Gasteiger partial charge in [-0.15, -0.1) is 12.4 Å². The fourth-order valence-corrected chi connectivity index (χ4v) is 1.69. The maximum Gasteiger partial charge on any atom is 0.123 e. The van der Waals surface area contributed by atoms with Crippen molar-refractivity contribution in [1.29, 1.82) is 0 Å². The number of alkyl halides is 1. The van der Waals surface area contributed by atoms with Gasteiger partial charge >= 0.3 is 0 Å². The van der Waals surface area contributed by atoms with E-state index < -0.39 is 6.67 Å². The third-order valence-electron chi connectivity index (χ3n) is 2.53. The molecule has 2 rings (SSSR count). The normalized spacial score (nSPS) is 10.2. The number of nitrogens with one attached hydrogen (secondary N) is 1. The first kappa shape index (κ1) is 15.6. The van der Waals surface area contributed by atoms with Gasteiger partial charge in [-0.1, -0.05) is 12.1 Å². The first-order chi connectivity index (χ1) is 8.78. The van der Waals surface area contributed by atoms with Gasteiger partial charge in [-0.2, -0.15) is 5.10 Å².